The molecule has 0 aliphatic carbocycles. The van der Waals surface area contributed by atoms with Crippen LogP contribution in [0.15, 0.2) is 0 Å². The fourth-order valence-corrected chi connectivity index (χ4v) is 0.553. The molecule has 0 rings (SSSR count). The first-order chi connectivity index (χ1) is 8.00. The quantitative estimate of drug-likeness (QED) is 0.652. The lowest BCUT2D eigenvalue weighted by molar-refractivity contribution is -0.438. The smallest absolute Gasteiger partial charge is 0.255 e. The van der Waals surface area contributed by atoms with Crippen molar-refractivity contribution < 1.29 is 57.1 Å². The summed E-state index contributed by atoms with van der Waals surface area (Å²) in [5.41, 5.74) is 0. The van der Waals surface area contributed by atoms with Gasteiger partial charge in [-0.3, -0.25) is 4.39 Å². The minimum Gasteiger partial charge on any atom is -0.255 e. The Hall–Kier alpha value is -0.910. The summed E-state index contributed by atoms with van der Waals surface area (Å²) in [5.74, 6) is -22.7. The Morgan fingerprint density at radius 2 is 0.526 bits per heavy atom. The first kappa shape index (κ1) is 20.4. The SMILES string of the molecule is CF.FC(F)(F)C(F)(F)C(F)(F)C(F)(F)C(F)(F)F. The average Bonchev–Trinajstić information content (AvgIpc) is 2.16. The molecule has 0 amide bonds. The molecule has 19 heavy (non-hydrogen) atoms. The van der Waals surface area contributed by atoms with Crippen molar-refractivity contribution in [1.82, 2.24) is 0 Å². The van der Waals surface area contributed by atoms with Crippen molar-refractivity contribution in [3.05, 3.63) is 0 Å². The van der Waals surface area contributed by atoms with E-state index in [1.807, 2.05) is 0 Å². The standard InChI is InChI=1S/C5F12.CH3F/c6-1(7,2(8,9)4(12,13)14)3(10,11)5(15,16)17;1-2/h;1H3. The van der Waals surface area contributed by atoms with Crippen LogP contribution in [0.3, 0.4) is 0 Å². The fraction of sp³-hybridized carbons (Fsp3) is 1.00. The molecule has 13 heteroatoms. The van der Waals surface area contributed by atoms with Crippen molar-refractivity contribution in [2.45, 2.75) is 30.1 Å². The van der Waals surface area contributed by atoms with Crippen LogP contribution in [0.4, 0.5) is 57.1 Å². The van der Waals surface area contributed by atoms with E-state index in [2.05, 4.69) is 0 Å². The zero-order valence-electron chi connectivity index (χ0n) is 8.41. The van der Waals surface area contributed by atoms with Gasteiger partial charge in [0.15, 0.2) is 0 Å². The maximum absolute atomic E-state index is 12.0. The summed E-state index contributed by atoms with van der Waals surface area (Å²) >= 11 is 0. The van der Waals surface area contributed by atoms with Gasteiger partial charge in [-0.1, -0.05) is 0 Å². The van der Waals surface area contributed by atoms with Gasteiger partial charge in [0.05, 0.1) is 7.18 Å². The van der Waals surface area contributed by atoms with Gasteiger partial charge in [0, 0.05) is 0 Å². The third-order valence-corrected chi connectivity index (χ3v) is 1.50. The summed E-state index contributed by atoms with van der Waals surface area (Å²) < 4.78 is 149. The van der Waals surface area contributed by atoms with Crippen molar-refractivity contribution in [3.63, 3.8) is 0 Å². The average molecular weight is 322 g/mol. The van der Waals surface area contributed by atoms with Gasteiger partial charge in [0.1, 0.15) is 0 Å². The molecule has 0 bridgehead atoms. The lowest BCUT2D eigenvalue weighted by atomic mass is 10.0. The molecule has 0 aliphatic heterocycles. The maximum atomic E-state index is 12.0. The minimum atomic E-state index is -7.66. The zero-order chi connectivity index (χ0) is 16.5. The molecule has 0 unspecified atom stereocenters. The second kappa shape index (κ2) is 5.23. The number of hydrogen-bond acceptors (Lipinski definition) is 0. The van der Waals surface area contributed by atoms with Gasteiger partial charge >= 0.3 is 30.1 Å². The molecule has 0 saturated carbocycles. The van der Waals surface area contributed by atoms with Gasteiger partial charge in [-0.15, -0.1) is 0 Å². The second-order valence-corrected chi connectivity index (χ2v) is 2.72. The van der Waals surface area contributed by atoms with Gasteiger partial charge in [-0.25, -0.2) is 0 Å². The Morgan fingerprint density at radius 1 is 0.368 bits per heavy atom. The van der Waals surface area contributed by atoms with Crippen molar-refractivity contribution in [2.24, 2.45) is 0 Å². The molecule has 0 saturated heterocycles. The van der Waals surface area contributed by atoms with Crippen LogP contribution in [-0.2, 0) is 0 Å². The maximum Gasteiger partial charge on any atom is 0.460 e. The van der Waals surface area contributed by atoms with Crippen molar-refractivity contribution >= 4 is 0 Å². The summed E-state index contributed by atoms with van der Waals surface area (Å²) in [7, 11) is 0.500. The molecule has 0 aromatic rings. The third kappa shape index (κ3) is 3.16. The predicted molar refractivity (Wildman–Crippen MR) is 34.0 cm³/mol. The van der Waals surface area contributed by atoms with E-state index in [0.29, 0.717) is 7.18 Å². The van der Waals surface area contributed by atoms with Gasteiger partial charge in [0.25, 0.3) is 0 Å². The zero-order valence-corrected chi connectivity index (χ0v) is 8.41. The van der Waals surface area contributed by atoms with Crippen molar-refractivity contribution in [2.75, 3.05) is 7.18 Å². The summed E-state index contributed by atoms with van der Waals surface area (Å²) in [5, 5.41) is 0. The molecule has 118 valence electrons. The highest BCUT2D eigenvalue weighted by Gasteiger charge is 2.88. The summed E-state index contributed by atoms with van der Waals surface area (Å²) in [6, 6.07) is 0. The summed E-state index contributed by atoms with van der Waals surface area (Å²) in [6.07, 6.45) is -14.5. The van der Waals surface area contributed by atoms with Crippen LogP contribution in [-0.4, -0.2) is 37.3 Å². The first-order valence-electron chi connectivity index (χ1n) is 3.65. The Balaban J connectivity index is 0. The molecule has 0 aliphatic rings. The molecule has 0 N–H and O–H groups in total. The number of alkyl halides is 13. The van der Waals surface area contributed by atoms with E-state index in [9.17, 15) is 57.1 Å². The van der Waals surface area contributed by atoms with E-state index in [-0.39, 0.29) is 0 Å². The normalized spacial score (nSPS) is 14.8. The minimum absolute atomic E-state index is 0.500. The van der Waals surface area contributed by atoms with E-state index < -0.39 is 30.1 Å². The van der Waals surface area contributed by atoms with E-state index >= 15 is 0 Å². The lowest BCUT2D eigenvalue weighted by Gasteiger charge is -2.34. The van der Waals surface area contributed by atoms with E-state index in [1.165, 1.54) is 0 Å². The predicted octanol–water partition coefficient (Wildman–Crippen LogP) is 4.60. The third-order valence-electron chi connectivity index (χ3n) is 1.50. The van der Waals surface area contributed by atoms with Crippen LogP contribution in [0.2, 0.25) is 0 Å². The van der Waals surface area contributed by atoms with Crippen molar-refractivity contribution in [1.29, 1.82) is 0 Å². The molecule has 0 spiro atoms. The highest BCUT2D eigenvalue weighted by molar-refractivity contribution is 5.03. The lowest BCUT2D eigenvalue weighted by Crippen LogP contribution is -2.65. The largest absolute Gasteiger partial charge is 0.460 e. The van der Waals surface area contributed by atoms with Crippen LogP contribution in [0.25, 0.3) is 0 Å². The Morgan fingerprint density at radius 3 is 0.632 bits per heavy atom. The molecule has 0 fully saturated rings. The Kier molecular flexibility index (Phi) is 5.62. The van der Waals surface area contributed by atoms with Crippen LogP contribution >= 0.6 is 0 Å². The molecule has 0 aromatic carbocycles. The Bertz CT molecular complexity index is 252. The molecule has 0 radical (unpaired) electrons. The van der Waals surface area contributed by atoms with Gasteiger partial charge in [-0.2, -0.15) is 52.7 Å². The highest BCUT2D eigenvalue weighted by atomic mass is 19.4. The monoisotopic (exact) mass is 322 g/mol. The van der Waals surface area contributed by atoms with Crippen LogP contribution in [0.5, 0.6) is 0 Å². The van der Waals surface area contributed by atoms with E-state index in [1.54, 1.807) is 0 Å². The van der Waals surface area contributed by atoms with E-state index in [0.717, 1.165) is 0 Å². The highest BCUT2D eigenvalue weighted by Crippen LogP contribution is 2.57. The molecule has 0 aromatic heterocycles. The fourth-order valence-electron chi connectivity index (χ4n) is 0.553. The molecule has 0 atom stereocenters. The van der Waals surface area contributed by atoms with Crippen molar-refractivity contribution in [3.8, 4) is 0 Å². The number of hydrogen-bond donors (Lipinski definition) is 0. The first-order valence-corrected chi connectivity index (χ1v) is 3.65. The van der Waals surface area contributed by atoms with Gasteiger partial charge in [0.2, 0.25) is 0 Å². The number of rotatable bonds is 2. The second-order valence-electron chi connectivity index (χ2n) is 2.72. The number of halogens is 13. The molecular weight excluding hydrogens is 319 g/mol. The van der Waals surface area contributed by atoms with E-state index in [4.69, 9.17) is 0 Å². The van der Waals surface area contributed by atoms with Crippen LogP contribution < -0.4 is 0 Å². The summed E-state index contributed by atoms with van der Waals surface area (Å²) in [6.45, 7) is 0. The molecular formula is C6H3F13. The van der Waals surface area contributed by atoms with Gasteiger partial charge < -0.3 is 0 Å². The molecule has 0 nitrogen and oxygen atoms in total. The van der Waals surface area contributed by atoms with Crippen LogP contribution in [0, 0.1) is 0 Å². The topological polar surface area (TPSA) is 0 Å². The van der Waals surface area contributed by atoms with Gasteiger partial charge in [-0.05, 0) is 0 Å². The van der Waals surface area contributed by atoms with Crippen LogP contribution in [0.1, 0.15) is 0 Å². The Labute approximate surface area is 95.7 Å². The molecule has 0 heterocycles. The summed E-state index contributed by atoms with van der Waals surface area (Å²) in [4.78, 5) is 0.